The predicted molar refractivity (Wildman–Crippen MR) is 78.6 cm³/mol. The zero-order chi connectivity index (χ0) is 13.7. The van der Waals surface area contributed by atoms with Crippen LogP contribution in [0, 0.1) is 17.7 Å². The van der Waals surface area contributed by atoms with Gasteiger partial charge in [0.1, 0.15) is 5.82 Å². The van der Waals surface area contributed by atoms with Gasteiger partial charge in [-0.15, -0.1) is 0 Å². The van der Waals surface area contributed by atoms with Crippen molar-refractivity contribution in [2.45, 2.75) is 52.0 Å². The predicted octanol–water partition coefficient (Wildman–Crippen LogP) is 4.69. The monoisotopic (exact) mass is 263 g/mol. The van der Waals surface area contributed by atoms with E-state index in [1.807, 2.05) is 12.1 Å². The van der Waals surface area contributed by atoms with Crippen molar-refractivity contribution in [2.75, 3.05) is 6.54 Å². The van der Waals surface area contributed by atoms with Gasteiger partial charge in [0, 0.05) is 6.04 Å². The Hall–Kier alpha value is -0.890. The lowest BCUT2D eigenvalue weighted by molar-refractivity contribution is 0.223. The van der Waals surface area contributed by atoms with Gasteiger partial charge in [0.15, 0.2) is 0 Å². The molecule has 19 heavy (non-hydrogen) atoms. The van der Waals surface area contributed by atoms with E-state index >= 15 is 0 Å². The summed E-state index contributed by atoms with van der Waals surface area (Å²) in [7, 11) is 0. The molecule has 0 spiro atoms. The Morgan fingerprint density at radius 1 is 1.26 bits per heavy atom. The zero-order valence-corrected chi connectivity index (χ0v) is 12.2. The van der Waals surface area contributed by atoms with Gasteiger partial charge < -0.3 is 5.32 Å². The van der Waals surface area contributed by atoms with Crippen LogP contribution in [-0.2, 0) is 0 Å². The Labute approximate surface area is 116 Å². The van der Waals surface area contributed by atoms with Crippen LogP contribution in [0.2, 0.25) is 0 Å². The molecule has 2 heteroatoms. The number of hydrogen-bond acceptors (Lipinski definition) is 1. The summed E-state index contributed by atoms with van der Waals surface area (Å²) in [6, 6.07) is 7.46. The molecular formula is C17H26FN. The van der Waals surface area contributed by atoms with Crippen LogP contribution in [0.3, 0.4) is 0 Å². The Balaban J connectivity index is 2.12. The highest BCUT2D eigenvalue weighted by atomic mass is 19.1. The molecule has 3 unspecified atom stereocenters. The molecular weight excluding hydrogens is 237 g/mol. The second-order valence-corrected chi connectivity index (χ2v) is 6.02. The maximum atomic E-state index is 13.1. The Morgan fingerprint density at radius 2 is 2.00 bits per heavy atom. The second-order valence-electron chi connectivity index (χ2n) is 6.02. The van der Waals surface area contributed by atoms with Crippen LogP contribution in [-0.4, -0.2) is 6.54 Å². The summed E-state index contributed by atoms with van der Waals surface area (Å²) in [4.78, 5) is 0. The van der Waals surface area contributed by atoms with E-state index in [1.54, 1.807) is 12.1 Å². The third-order valence-corrected chi connectivity index (χ3v) is 4.29. The van der Waals surface area contributed by atoms with Gasteiger partial charge in [0.05, 0.1) is 0 Å². The molecule has 1 aliphatic rings. The molecule has 1 aromatic rings. The first-order valence-electron chi connectivity index (χ1n) is 7.69. The molecule has 0 heterocycles. The van der Waals surface area contributed by atoms with Crippen molar-refractivity contribution in [1.82, 2.24) is 5.32 Å². The zero-order valence-electron chi connectivity index (χ0n) is 12.2. The minimum absolute atomic E-state index is 0.144. The highest BCUT2D eigenvalue weighted by Gasteiger charge is 2.27. The molecule has 1 fully saturated rings. The molecule has 2 rings (SSSR count). The number of rotatable bonds is 5. The van der Waals surface area contributed by atoms with Crippen LogP contribution in [0.25, 0.3) is 0 Å². The van der Waals surface area contributed by atoms with Crippen LogP contribution in [0.5, 0.6) is 0 Å². The largest absolute Gasteiger partial charge is 0.310 e. The maximum absolute atomic E-state index is 13.1. The summed E-state index contributed by atoms with van der Waals surface area (Å²) in [5, 5.41) is 3.67. The highest BCUT2D eigenvalue weighted by molar-refractivity contribution is 5.21. The molecule has 0 aromatic heterocycles. The van der Waals surface area contributed by atoms with Gasteiger partial charge >= 0.3 is 0 Å². The van der Waals surface area contributed by atoms with Gasteiger partial charge in [-0.05, 0) is 55.3 Å². The number of hydrogen-bond donors (Lipinski definition) is 1. The van der Waals surface area contributed by atoms with Crippen molar-refractivity contribution in [3.63, 3.8) is 0 Å². The summed E-state index contributed by atoms with van der Waals surface area (Å²) in [5.41, 5.74) is 1.24. The van der Waals surface area contributed by atoms with Crippen LogP contribution in [0.1, 0.15) is 57.6 Å². The van der Waals surface area contributed by atoms with E-state index in [0.29, 0.717) is 12.0 Å². The van der Waals surface area contributed by atoms with E-state index in [-0.39, 0.29) is 5.82 Å². The van der Waals surface area contributed by atoms with Gasteiger partial charge in [-0.3, -0.25) is 0 Å². The number of nitrogens with one attached hydrogen (secondary N) is 1. The van der Waals surface area contributed by atoms with Crippen molar-refractivity contribution in [3.05, 3.63) is 35.6 Å². The second kappa shape index (κ2) is 7.04. The quantitative estimate of drug-likeness (QED) is 0.812. The van der Waals surface area contributed by atoms with Gasteiger partial charge in [-0.1, -0.05) is 38.8 Å². The molecule has 1 aliphatic carbocycles. The molecule has 1 aromatic carbocycles. The standard InChI is InChI=1S/C17H26FN/c1-3-11-19-17(14-7-9-16(18)10-8-14)15-6-4-5-13(2)12-15/h7-10,13,15,17,19H,3-6,11-12H2,1-2H3. The van der Waals surface area contributed by atoms with E-state index < -0.39 is 0 Å². The summed E-state index contributed by atoms with van der Waals surface area (Å²) in [5.74, 6) is 1.38. The molecule has 0 amide bonds. The van der Waals surface area contributed by atoms with Gasteiger partial charge in [0.25, 0.3) is 0 Å². The lowest BCUT2D eigenvalue weighted by Crippen LogP contribution is -2.31. The molecule has 106 valence electrons. The summed E-state index contributed by atoms with van der Waals surface area (Å²) in [6.45, 7) is 5.58. The lowest BCUT2D eigenvalue weighted by atomic mass is 9.76. The van der Waals surface area contributed by atoms with Gasteiger partial charge in [-0.25, -0.2) is 4.39 Å². The molecule has 0 aliphatic heterocycles. The van der Waals surface area contributed by atoms with Crippen LogP contribution in [0.15, 0.2) is 24.3 Å². The van der Waals surface area contributed by atoms with Crippen LogP contribution < -0.4 is 5.32 Å². The first-order valence-corrected chi connectivity index (χ1v) is 7.69. The number of benzene rings is 1. The fraction of sp³-hybridized carbons (Fsp3) is 0.647. The first kappa shape index (κ1) is 14.5. The maximum Gasteiger partial charge on any atom is 0.123 e. The lowest BCUT2D eigenvalue weighted by Gasteiger charge is -2.34. The molecule has 1 saturated carbocycles. The van der Waals surface area contributed by atoms with Crippen molar-refractivity contribution < 1.29 is 4.39 Å². The summed E-state index contributed by atoms with van der Waals surface area (Å²) >= 11 is 0. The van der Waals surface area contributed by atoms with Crippen LogP contribution >= 0.6 is 0 Å². The fourth-order valence-corrected chi connectivity index (χ4v) is 3.31. The smallest absolute Gasteiger partial charge is 0.123 e. The Kier molecular flexibility index (Phi) is 5.38. The SMILES string of the molecule is CCCNC(c1ccc(F)cc1)C1CCCC(C)C1. The summed E-state index contributed by atoms with van der Waals surface area (Å²) in [6.07, 6.45) is 6.42. The molecule has 3 atom stereocenters. The van der Waals surface area contributed by atoms with Crippen LogP contribution in [0.4, 0.5) is 4.39 Å². The number of halogens is 1. The van der Waals surface area contributed by atoms with E-state index in [9.17, 15) is 4.39 Å². The van der Waals surface area contributed by atoms with Crippen molar-refractivity contribution in [2.24, 2.45) is 11.8 Å². The Morgan fingerprint density at radius 3 is 2.63 bits per heavy atom. The highest BCUT2D eigenvalue weighted by Crippen LogP contribution is 2.37. The van der Waals surface area contributed by atoms with Crippen molar-refractivity contribution >= 4 is 0 Å². The molecule has 0 radical (unpaired) electrons. The average Bonchev–Trinajstić information content (AvgIpc) is 2.41. The summed E-state index contributed by atoms with van der Waals surface area (Å²) < 4.78 is 13.1. The third kappa shape index (κ3) is 4.04. The average molecular weight is 263 g/mol. The molecule has 1 N–H and O–H groups in total. The molecule has 0 saturated heterocycles. The Bertz CT molecular complexity index is 373. The van der Waals surface area contributed by atoms with Gasteiger partial charge in [-0.2, -0.15) is 0 Å². The molecule has 0 bridgehead atoms. The fourth-order valence-electron chi connectivity index (χ4n) is 3.31. The minimum atomic E-state index is -0.144. The van der Waals surface area contributed by atoms with Crippen molar-refractivity contribution in [3.8, 4) is 0 Å². The first-order chi connectivity index (χ1) is 9.20. The van der Waals surface area contributed by atoms with Gasteiger partial charge in [0.2, 0.25) is 0 Å². The van der Waals surface area contributed by atoms with E-state index in [4.69, 9.17) is 0 Å². The topological polar surface area (TPSA) is 12.0 Å². The molecule has 1 nitrogen and oxygen atoms in total. The van der Waals surface area contributed by atoms with E-state index in [1.165, 1.54) is 31.2 Å². The van der Waals surface area contributed by atoms with Crippen molar-refractivity contribution in [1.29, 1.82) is 0 Å². The minimum Gasteiger partial charge on any atom is -0.310 e. The normalized spacial score (nSPS) is 25.2. The van der Waals surface area contributed by atoms with E-state index in [2.05, 4.69) is 19.2 Å². The van der Waals surface area contributed by atoms with E-state index in [0.717, 1.165) is 18.9 Å². The third-order valence-electron chi connectivity index (χ3n) is 4.29.